The Hall–Kier alpha value is -0.860. The summed E-state index contributed by atoms with van der Waals surface area (Å²) in [5.74, 6) is 1.80. The highest BCUT2D eigenvalue weighted by Crippen LogP contribution is 2.19. The second-order valence-corrected chi connectivity index (χ2v) is 6.63. The quantitative estimate of drug-likeness (QED) is 0.817. The number of amides is 1. The second-order valence-electron chi connectivity index (χ2n) is 4.65. The summed E-state index contributed by atoms with van der Waals surface area (Å²) in [5.41, 5.74) is 1.78. The number of carbonyl (C=O) groups excluding carboxylic acids is 1. The van der Waals surface area contributed by atoms with Crippen LogP contribution in [0, 0.1) is 0 Å². The molecule has 1 aliphatic heterocycles. The zero-order valence-electron chi connectivity index (χ0n) is 12.2. The fourth-order valence-corrected chi connectivity index (χ4v) is 3.77. The van der Waals surface area contributed by atoms with Gasteiger partial charge in [0.15, 0.2) is 0 Å². The molecule has 1 fully saturated rings. The largest absolute Gasteiger partial charge is 0.354 e. The van der Waals surface area contributed by atoms with Gasteiger partial charge in [0.25, 0.3) is 0 Å². The summed E-state index contributed by atoms with van der Waals surface area (Å²) < 4.78 is 0. The van der Waals surface area contributed by atoms with E-state index in [1.165, 1.54) is 0 Å². The molecular weight excluding hydrogens is 375 g/mol. The van der Waals surface area contributed by atoms with E-state index in [9.17, 15) is 4.79 Å². The Morgan fingerprint density at radius 1 is 1.35 bits per heavy atom. The van der Waals surface area contributed by atoms with Crippen LogP contribution in [0.3, 0.4) is 0 Å². The van der Waals surface area contributed by atoms with Gasteiger partial charge in [0.2, 0.25) is 5.91 Å². The molecule has 9 heteroatoms. The molecule has 2 aromatic heterocycles. The van der Waals surface area contributed by atoms with Crippen LogP contribution in [0.4, 0.5) is 0 Å². The topological polar surface area (TPSA) is 66.9 Å². The lowest BCUT2D eigenvalue weighted by molar-refractivity contribution is -0.122. The molecule has 0 spiro atoms. The number of nitrogens with zero attached hydrogens (tertiary/aromatic N) is 2. The maximum atomic E-state index is 11.8. The molecule has 2 aromatic rings. The molecule has 23 heavy (non-hydrogen) atoms. The number of rotatable bonds is 5. The first kappa shape index (κ1) is 20.2. The van der Waals surface area contributed by atoms with Crippen molar-refractivity contribution in [1.82, 2.24) is 20.6 Å². The molecule has 1 atom stereocenters. The van der Waals surface area contributed by atoms with Crippen molar-refractivity contribution in [3.63, 3.8) is 0 Å². The average Bonchev–Trinajstić information content (AvgIpc) is 3.20. The standard InChI is InChI=1S/C14H16N4OS2.2ClH/c19-14(12-7-20-9-17-12)16-6-4-13-18-11(8-21-13)10-3-1-2-5-15-10;;/h1-3,5,8,12,17H,4,6-7,9H2,(H,16,19);2*1H. The van der Waals surface area contributed by atoms with Gasteiger partial charge in [-0.15, -0.1) is 47.9 Å². The van der Waals surface area contributed by atoms with Crippen molar-refractivity contribution < 1.29 is 4.79 Å². The number of carbonyl (C=O) groups is 1. The summed E-state index contributed by atoms with van der Waals surface area (Å²) in [6, 6.07) is 5.75. The first-order valence-electron chi connectivity index (χ1n) is 6.77. The minimum absolute atomic E-state index is 0. The zero-order chi connectivity index (χ0) is 14.5. The molecule has 5 nitrogen and oxygen atoms in total. The van der Waals surface area contributed by atoms with Gasteiger partial charge in [0.05, 0.1) is 22.4 Å². The molecule has 126 valence electrons. The number of nitrogens with one attached hydrogen (secondary N) is 2. The van der Waals surface area contributed by atoms with E-state index in [4.69, 9.17) is 0 Å². The van der Waals surface area contributed by atoms with Crippen LogP contribution in [0.25, 0.3) is 11.4 Å². The summed E-state index contributed by atoms with van der Waals surface area (Å²) in [6.07, 6.45) is 2.52. The molecule has 0 aliphatic carbocycles. The Morgan fingerprint density at radius 2 is 2.22 bits per heavy atom. The molecule has 0 radical (unpaired) electrons. The summed E-state index contributed by atoms with van der Waals surface area (Å²) in [4.78, 5) is 20.7. The van der Waals surface area contributed by atoms with Crippen LogP contribution in [0.2, 0.25) is 0 Å². The van der Waals surface area contributed by atoms with Gasteiger partial charge in [0, 0.05) is 36.2 Å². The molecule has 3 heterocycles. The van der Waals surface area contributed by atoms with E-state index >= 15 is 0 Å². The average molecular weight is 393 g/mol. The monoisotopic (exact) mass is 392 g/mol. The third kappa shape index (κ3) is 5.61. The molecular formula is C14H18Cl2N4OS2. The lowest BCUT2D eigenvalue weighted by atomic mass is 10.3. The van der Waals surface area contributed by atoms with Crippen LogP contribution in [-0.2, 0) is 11.2 Å². The van der Waals surface area contributed by atoms with E-state index in [2.05, 4.69) is 20.6 Å². The van der Waals surface area contributed by atoms with Crippen molar-refractivity contribution in [3.8, 4) is 11.4 Å². The van der Waals surface area contributed by atoms with Crippen LogP contribution in [0.1, 0.15) is 5.01 Å². The Bertz CT molecular complexity index is 606. The zero-order valence-corrected chi connectivity index (χ0v) is 15.5. The highest BCUT2D eigenvalue weighted by molar-refractivity contribution is 7.99. The first-order chi connectivity index (χ1) is 10.3. The molecule has 0 bridgehead atoms. The van der Waals surface area contributed by atoms with Crippen molar-refractivity contribution >= 4 is 53.8 Å². The van der Waals surface area contributed by atoms with Crippen molar-refractivity contribution in [1.29, 1.82) is 0 Å². The van der Waals surface area contributed by atoms with E-state index in [0.717, 1.165) is 34.4 Å². The van der Waals surface area contributed by atoms with Gasteiger partial charge >= 0.3 is 0 Å². The molecule has 0 aromatic carbocycles. The molecule has 1 saturated heterocycles. The van der Waals surface area contributed by atoms with Gasteiger partial charge in [-0.1, -0.05) is 6.07 Å². The molecule has 1 aliphatic rings. The number of aromatic nitrogens is 2. The van der Waals surface area contributed by atoms with Crippen LogP contribution in [0.5, 0.6) is 0 Å². The predicted molar refractivity (Wildman–Crippen MR) is 101 cm³/mol. The lowest BCUT2D eigenvalue weighted by Crippen LogP contribution is -2.42. The summed E-state index contributed by atoms with van der Waals surface area (Å²) >= 11 is 3.36. The van der Waals surface area contributed by atoms with Gasteiger partial charge in [0.1, 0.15) is 0 Å². The van der Waals surface area contributed by atoms with Crippen LogP contribution in [0.15, 0.2) is 29.8 Å². The van der Waals surface area contributed by atoms with E-state index in [1.807, 2.05) is 23.6 Å². The Labute approximate surface area is 155 Å². The minimum Gasteiger partial charge on any atom is -0.354 e. The maximum Gasteiger partial charge on any atom is 0.238 e. The first-order valence-corrected chi connectivity index (χ1v) is 8.81. The maximum absolute atomic E-state index is 11.8. The van der Waals surface area contributed by atoms with E-state index < -0.39 is 0 Å². The van der Waals surface area contributed by atoms with Crippen molar-refractivity contribution in [2.75, 3.05) is 18.2 Å². The van der Waals surface area contributed by atoms with Crippen molar-refractivity contribution in [2.24, 2.45) is 0 Å². The number of hydrogen-bond donors (Lipinski definition) is 2. The highest BCUT2D eigenvalue weighted by atomic mass is 35.5. The van der Waals surface area contributed by atoms with E-state index in [0.29, 0.717) is 6.54 Å². The van der Waals surface area contributed by atoms with Gasteiger partial charge < -0.3 is 5.32 Å². The third-order valence-corrected chi connectivity index (χ3v) is 5.00. The number of thioether (sulfide) groups is 1. The summed E-state index contributed by atoms with van der Waals surface area (Å²) in [7, 11) is 0. The minimum atomic E-state index is -0.0459. The number of hydrogen-bond acceptors (Lipinski definition) is 6. The van der Waals surface area contributed by atoms with Gasteiger partial charge in [-0.2, -0.15) is 0 Å². The Morgan fingerprint density at radius 3 is 2.91 bits per heavy atom. The van der Waals surface area contributed by atoms with Crippen molar-refractivity contribution in [2.45, 2.75) is 12.5 Å². The normalized spacial score (nSPS) is 16.3. The second kappa shape index (κ2) is 10.1. The molecule has 3 rings (SSSR count). The fourth-order valence-electron chi connectivity index (χ4n) is 2.04. The fraction of sp³-hybridized carbons (Fsp3) is 0.357. The van der Waals surface area contributed by atoms with Gasteiger partial charge in [-0.25, -0.2) is 4.98 Å². The molecule has 0 saturated carbocycles. The van der Waals surface area contributed by atoms with Gasteiger partial charge in [-0.3, -0.25) is 15.1 Å². The smallest absolute Gasteiger partial charge is 0.238 e. The third-order valence-electron chi connectivity index (χ3n) is 3.15. The van der Waals surface area contributed by atoms with E-state index in [-0.39, 0.29) is 36.8 Å². The SMILES string of the molecule is Cl.Cl.O=C(NCCc1nc(-c2ccccn2)cs1)C1CSCN1. The van der Waals surface area contributed by atoms with Gasteiger partial charge in [-0.05, 0) is 12.1 Å². The predicted octanol–water partition coefficient (Wildman–Crippen LogP) is 2.37. The summed E-state index contributed by atoms with van der Waals surface area (Å²) in [6.45, 7) is 0.622. The highest BCUT2D eigenvalue weighted by Gasteiger charge is 2.21. The van der Waals surface area contributed by atoms with Crippen molar-refractivity contribution in [3.05, 3.63) is 34.8 Å². The Kier molecular flexibility index (Phi) is 8.86. The summed E-state index contributed by atoms with van der Waals surface area (Å²) in [5, 5.41) is 9.15. The number of thiazole rings is 1. The number of halogens is 2. The Balaban J connectivity index is 0.00000132. The van der Waals surface area contributed by atoms with E-state index in [1.54, 1.807) is 29.3 Å². The molecule has 1 amide bonds. The molecule has 2 N–H and O–H groups in total. The van der Waals surface area contributed by atoms with Crippen LogP contribution < -0.4 is 10.6 Å². The number of pyridine rings is 1. The van der Waals surface area contributed by atoms with Crippen LogP contribution in [-0.4, -0.2) is 40.1 Å². The lowest BCUT2D eigenvalue weighted by Gasteiger charge is -2.09. The molecule has 1 unspecified atom stereocenters. The van der Waals surface area contributed by atoms with Crippen LogP contribution >= 0.6 is 47.9 Å².